The molecule has 3 aromatic rings. The van der Waals surface area contributed by atoms with Crippen LogP contribution in [0.25, 0.3) is 11.1 Å². The van der Waals surface area contributed by atoms with Crippen LogP contribution in [-0.2, 0) is 0 Å². The van der Waals surface area contributed by atoms with Gasteiger partial charge in [0, 0.05) is 30.4 Å². The van der Waals surface area contributed by atoms with Gasteiger partial charge in [-0.1, -0.05) is 43.7 Å². The highest BCUT2D eigenvalue weighted by Gasteiger charge is 2.30. The fourth-order valence-corrected chi connectivity index (χ4v) is 3.92. The quantitative estimate of drug-likeness (QED) is 0.695. The third-order valence-corrected chi connectivity index (χ3v) is 5.67. The average molecular weight is 389 g/mol. The van der Waals surface area contributed by atoms with Gasteiger partial charge in [0.15, 0.2) is 0 Å². The van der Waals surface area contributed by atoms with Gasteiger partial charge in [-0.25, -0.2) is 0 Å². The van der Waals surface area contributed by atoms with Crippen LogP contribution in [-0.4, -0.2) is 39.1 Å². The van der Waals surface area contributed by atoms with Crippen LogP contribution >= 0.6 is 0 Å². The Bertz CT molecular complexity index is 1020. The summed E-state index contributed by atoms with van der Waals surface area (Å²) in [5.74, 6) is 0.588. The van der Waals surface area contributed by atoms with Gasteiger partial charge in [-0.2, -0.15) is 5.10 Å². The fraction of sp³-hybridized carbons (Fsp3) is 0.375. The zero-order valence-electron chi connectivity index (χ0n) is 17.6. The van der Waals surface area contributed by atoms with Crippen molar-refractivity contribution in [2.75, 3.05) is 13.1 Å². The van der Waals surface area contributed by atoms with Crippen LogP contribution in [0.4, 0.5) is 0 Å². The average Bonchev–Trinajstić information content (AvgIpc) is 3.38. The molecule has 1 fully saturated rings. The monoisotopic (exact) mass is 388 g/mol. The number of nitrogens with zero attached hydrogens (tertiary/aromatic N) is 3. The van der Waals surface area contributed by atoms with Gasteiger partial charge in [0.25, 0.3) is 5.91 Å². The van der Waals surface area contributed by atoms with E-state index in [0.29, 0.717) is 18.2 Å². The molecule has 1 N–H and O–H groups in total. The highest BCUT2D eigenvalue weighted by Crippen LogP contribution is 2.30. The normalized spacial score (nSPS) is 16.6. The molecule has 0 radical (unpaired) electrons. The number of pyridine rings is 1. The van der Waals surface area contributed by atoms with E-state index in [1.165, 1.54) is 16.7 Å². The van der Waals surface area contributed by atoms with E-state index in [2.05, 4.69) is 67.4 Å². The SMILES string of the molecule is Cc1ccc(-c2cc(C)nc(C3CCN(C(=O)c4cc(C(C)C)n[nH]4)C3)c2)cc1. The van der Waals surface area contributed by atoms with Gasteiger partial charge in [-0.05, 0) is 55.5 Å². The lowest BCUT2D eigenvalue weighted by Gasteiger charge is -2.16. The summed E-state index contributed by atoms with van der Waals surface area (Å²) >= 11 is 0. The second-order valence-corrected chi connectivity index (χ2v) is 8.39. The Morgan fingerprint density at radius 1 is 1.10 bits per heavy atom. The molecule has 2 aromatic heterocycles. The lowest BCUT2D eigenvalue weighted by molar-refractivity contribution is 0.0785. The molecule has 4 rings (SSSR count). The molecule has 1 aliphatic heterocycles. The molecule has 1 amide bonds. The highest BCUT2D eigenvalue weighted by molar-refractivity contribution is 5.92. The van der Waals surface area contributed by atoms with Crippen molar-refractivity contribution in [2.24, 2.45) is 0 Å². The van der Waals surface area contributed by atoms with Gasteiger partial charge in [0.05, 0.1) is 5.69 Å². The predicted octanol–water partition coefficient (Wildman–Crippen LogP) is 4.84. The van der Waals surface area contributed by atoms with Gasteiger partial charge >= 0.3 is 0 Å². The number of hydrogen-bond donors (Lipinski definition) is 1. The predicted molar refractivity (Wildman–Crippen MR) is 115 cm³/mol. The van der Waals surface area contributed by atoms with Crippen molar-refractivity contribution in [3.63, 3.8) is 0 Å². The molecule has 3 heterocycles. The molecule has 5 nitrogen and oxygen atoms in total. The van der Waals surface area contributed by atoms with E-state index >= 15 is 0 Å². The molecule has 150 valence electrons. The minimum Gasteiger partial charge on any atom is -0.337 e. The molecule has 29 heavy (non-hydrogen) atoms. The van der Waals surface area contributed by atoms with Crippen molar-refractivity contribution in [1.29, 1.82) is 0 Å². The van der Waals surface area contributed by atoms with Crippen LogP contribution in [0.3, 0.4) is 0 Å². The van der Waals surface area contributed by atoms with Crippen LogP contribution in [0.1, 0.15) is 65.2 Å². The smallest absolute Gasteiger partial charge is 0.271 e. The Morgan fingerprint density at radius 3 is 2.55 bits per heavy atom. The molecule has 0 bridgehead atoms. The first-order valence-electron chi connectivity index (χ1n) is 10.3. The standard InChI is InChI=1S/C24H28N4O/c1-15(2)21-13-23(27-26-21)24(29)28-10-9-19(14-28)22-12-20(11-17(4)25-22)18-7-5-16(3)6-8-18/h5-8,11-13,15,19H,9-10,14H2,1-4H3,(H,26,27). The van der Waals surface area contributed by atoms with Gasteiger partial charge in [0.2, 0.25) is 0 Å². The van der Waals surface area contributed by atoms with E-state index in [1.807, 2.05) is 17.9 Å². The molecule has 5 heteroatoms. The summed E-state index contributed by atoms with van der Waals surface area (Å²) in [6, 6.07) is 14.8. The molecule has 1 unspecified atom stereocenters. The van der Waals surface area contributed by atoms with Crippen molar-refractivity contribution in [1.82, 2.24) is 20.1 Å². The summed E-state index contributed by atoms with van der Waals surface area (Å²) in [5.41, 5.74) is 7.23. The summed E-state index contributed by atoms with van der Waals surface area (Å²) < 4.78 is 0. The van der Waals surface area contributed by atoms with E-state index in [1.54, 1.807) is 0 Å². The molecular weight excluding hydrogens is 360 g/mol. The van der Waals surface area contributed by atoms with E-state index in [9.17, 15) is 4.79 Å². The fourth-order valence-electron chi connectivity index (χ4n) is 3.92. The van der Waals surface area contributed by atoms with E-state index < -0.39 is 0 Å². The van der Waals surface area contributed by atoms with Gasteiger partial charge in [-0.15, -0.1) is 0 Å². The number of aromatic amines is 1. The molecule has 1 aromatic carbocycles. The van der Waals surface area contributed by atoms with Gasteiger partial charge in [0.1, 0.15) is 5.69 Å². The second-order valence-electron chi connectivity index (χ2n) is 8.39. The number of aryl methyl sites for hydroxylation is 2. The molecule has 0 spiro atoms. The maximum atomic E-state index is 12.9. The lowest BCUT2D eigenvalue weighted by Crippen LogP contribution is -2.28. The van der Waals surface area contributed by atoms with Gasteiger partial charge < -0.3 is 4.90 Å². The van der Waals surface area contributed by atoms with Crippen molar-refractivity contribution in [3.05, 3.63) is 70.8 Å². The summed E-state index contributed by atoms with van der Waals surface area (Å²) in [7, 11) is 0. The Morgan fingerprint density at radius 2 is 1.86 bits per heavy atom. The Balaban J connectivity index is 1.52. The summed E-state index contributed by atoms with van der Waals surface area (Å²) in [5, 5.41) is 7.17. The second kappa shape index (κ2) is 7.82. The number of carbonyl (C=O) groups is 1. The number of amides is 1. The first-order valence-corrected chi connectivity index (χ1v) is 10.3. The maximum Gasteiger partial charge on any atom is 0.271 e. The third-order valence-electron chi connectivity index (χ3n) is 5.67. The molecule has 1 saturated heterocycles. The third kappa shape index (κ3) is 4.09. The number of rotatable bonds is 4. The summed E-state index contributed by atoms with van der Waals surface area (Å²) in [6.07, 6.45) is 0.931. The van der Waals surface area contributed by atoms with Crippen molar-refractivity contribution < 1.29 is 4.79 Å². The van der Waals surface area contributed by atoms with Crippen LogP contribution in [0.2, 0.25) is 0 Å². The zero-order chi connectivity index (χ0) is 20.5. The van der Waals surface area contributed by atoms with Crippen molar-refractivity contribution in [2.45, 2.75) is 46.0 Å². The number of carbonyl (C=O) groups excluding carboxylic acids is 1. The molecule has 1 aliphatic rings. The van der Waals surface area contributed by atoms with Crippen LogP contribution in [0.15, 0.2) is 42.5 Å². The number of hydrogen-bond acceptors (Lipinski definition) is 3. The summed E-state index contributed by atoms with van der Waals surface area (Å²) in [4.78, 5) is 19.6. The van der Waals surface area contributed by atoms with Crippen molar-refractivity contribution in [3.8, 4) is 11.1 Å². The number of benzene rings is 1. The highest BCUT2D eigenvalue weighted by atomic mass is 16.2. The number of aromatic nitrogens is 3. The Hall–Kier alpha value is -2.95. The van der Waals surface area contributed by atoms with E-state index in [0.717, 1.165) is 30.0 Å². The first kappa shape index (κ1) is 19.4. The van der Waals surface area contributed by atoms with E-state index in [4.69, 9.17) is 4.98 Å². The van der Waals surface area contributed by atoms with Crippen molar-refractivity contribution >= 4 is 5.91 Å². The summed E-state index contributed by atoms with van der Waals surface area (Å²) in [6.45, 7) is 9.72. The number of likely N-dealkylation sites (tertiary alicyclic amines) is 1. The van der Waals surface area contributed by atoms with Crippen LogP contribution in [0.5, 0.6) is 0 Å². The largest absolute Gasteiger partial charge is 0.337 e. The minimum absolute atomic E-state index is 0.0262. The Labute approximate surface area is 172 Å². The molecule has 0 aliphatic carbocycles. The molecule has 0 saturated carbocycles. The first-order chi connectivity index (χ1) is 13.9. The lowest BCUT2D eigenvalue weighted by atomic mass is 9.98. The number of nitrogens with one attached hydrogen (secondary N) is 1. The van der Waals surface area contributed by atoms with Crippen LogP contribution in [0, 0.1) is 13.8 Å². The molecular formula is C24H28N4O. The Kier molecular flexibility index (Phi) is 5.22. The number of H-pyrrole nitrogens is 1. The maximum absolute atomic E-state index is 12.9. The zero-order valence-corrected chi connectivity index (χ0v) is 17.6. The van der Waals surface area contributed by atoms with E-state index in [-0.39, 0.29) is 11.8 Å². The van der Waals surface area contributed by atoms with Gasteiger partial charge in [-0.3, -0.25) is 14.9 Å². The molecule has 1 atom stereocenters. The topological polar surface area (TPSA) is 61.9 Å². The minimum atomic E-state index is 0.0262. The van der Waals surface area contributed by atoms with Crippen LogP contribution < -0.4 is 0 Å².